The van der Waals surface area contributed by atoms with Crippen molar-refractivity contribution in [1.82, 2.24) is 0 Å². The highest BCUT2D eigenvalue weighted by atomic mass is 14.4. The smallest absolute Gasteiger partial charge is 0.0159 e. The van der Waals surface area contributed by atoms with E-state index in [2.05, 4.69) is 535 Å². The average molecular weight is 1830 g/mol. The largest absolute Gasteiger partial charge is 0.0622 e. The summed E-state index contributed by atoms with van der Waals surface area (Å²) in [5.41, 5.74) is 38.0. The summed E-state index contributed by atoms with van der Waals surface area (Å²) in [5, 5.41) is 30.9. The van der Waals surface area contributed by atoms with Crippen molar-refractivity contribution in [3.05, 3.63) is 518 Å². The topological polar surface area (TPSA) is 0 Å². The number of fused-ring (bicyclic) bond motifs is 23. The predicted octanol–water partition coefficient (Wildman–Crippen LogP) is 40.3. The fourth-order valence-corrected chi connectivity index (χ4v) is 24.5. The molecule has 144 heavy (non-hydrogen) atoms. The normalized spacial score (nSPS) is 13.4. The molecule has 0 heteroatoms. The van der Waals surface area contributed by atoms with Gasteiger partial charge in [0.1, 0.15) is 0 Å². The molecule has 0 radical (unpaired) electrons. The lowest BCUT2D eigenvalue weighted by Gasteiger charge is -2.23. The Hall–Kier alpha value is -17.2. The summed E-state index contributed by atoms with van der Waals surface area (Å²) in [5.74, 6) is 0.399. The van der Waals surface area contributed by atoms with Crippen molar-refractivity contribution in [2.45, 2.75) is 77.6 Å². The molecule has 3 aliphatic carbocycles. The minimum Gasteiger partial charge on any atom is -0.0622 e. The molecule has 0 heterocycles. The van der Waals surface area contributed by atoms with Crippen LogP contribution >= 0.6 is 0 Å². The molecule has 0 saturated carbocycles. The Bertz CT molecular complexity index is 9900. The van der Waals surface area contributed by atoms with E-state index in [1.165, 1.54) is 291 Å². The Balaban J connectivity index is 0.000000108. The molecule has 0 atom stereocenters. The lowest BCUT2D eigenvalue weighted by molar-refractivity contribution is 0.661. The zero-order valence-electron chi connectivity index (χ0n) is 82.2. The zero-order chi connectivity index (χ0) is 96.5. The lowest BCUT2D eigenvalue weighted by atomic mass is 9.80. The van der Waals surface area contributed by atoms with Gasteiger partial charge in [-0.1, -0.05) is 401 Å². The van der Waals surface area contributed by atoms with Crippen LogP contribution in [0.2, 0.25) is 0 Å². The molecular weight excluding hydrogens is 1730 g/mol. The van der Waals surface area contributed by atoms with Crippen molar-refractivity contribution in [3.8, 4) is 122 Å². The van der Waals surface area contributed by atoms with Crippen LogP contribution < -0.4 is 0 Å². The zero-order valence-corrected chi connectivity index (χ0v) is 82.2. The molecule has 3 aliphatic rings. The second kappa shape index (κ2) is 33.5. The first-order valence-corrected chi connectivity index (χ1v) is 51.0. The quantitative estimate of drug-likeness (QED) is 0.135. The SMILES string of the molecule is CC(C)c1cc(-c2ccc3cc(-c4ccc5ccccc5c4)ccc3c2)cc(-c2cc3c(c4ccccc24)-c2c(ccc4ccccc24)C3(C)C)c1.CC1(C)c2cc3ccccc3cc2-c2cc3ccc(-c4cc(-c5ccc6ccc(-c7ccccc7)cc6c5)cc5ccccc45)cc3cc21.CC1(C)c2cc3ccccc3cc2-c2cc3ccc(-c4ccc5cc(-c6ccc7ccccc7c6)ccc5c4)cc3cc21. The van der Waals surface area contributed by atoms with E-state index >= 15 is 0 Å². The molecule has 0 aromatic heterocycles. The van der Waals surface area contributed by atoms with E-state index in [1.807, 2.05) is 0 Å². The molecule has 0 amide bonds. The minimum absolute atomic E-state index is 0.0371. The molecule has 26 aromatic carbocycles. The van der Waals surface area contributed by atoms with E-state index in [4.69, 9.17) is 0 Å². The highest BCUT2D eigenvalue weighted by molar-refractivity contribution is 6.16. The number of benzene rings is 26. The van der Waals surface area contributed by atoms with Crippen molar-refractivity contribution >= 4 is 129 Å². The highest BCUT2D eigenvalue weighted by Crippen LogP contribution is 2.58. The van der Waals surface area contributed by atoms with Gasteiger partial charge in [-0.05, 0) is 430 Å². The van der Waals surface area contributed by atoms with Crippen LogP contribution in [0.4, 0.5) is 0 Å². The second-order valence-electron chi connectivity index (χ2n) is 42.4. The molecule has 26 aromatic rings. The summed E-state index contributed by atoms with van der Waals surface area (Å²) in [6.07, 6.45) is 0. The second-order valence-corrected chi connectivity index (χ2v) is 42.4. The average Bonchev–Trinajstić information content (AvgIpc) is 1.55. The Morgan fingerprint density at radius 3 is 0.847 bits per heavy atom. The molecule has 0 aliphatic heterocycles. The van der Waals surface area contributed by atoms with Crippen LogP contribution in [0.1, 0.15) is 100 Å². The molecule has 0 unspecified atom stereocenters. The van der Waals surface area contributed by atoms with Crippen LogP contribution in [-0.2, 0) is 16.2 Å². The maximum Gasteiger partial charge on any atom is 0.0159 e. The standard InChI is InChI=1S/C52H40.C49H34.C43H30/c1-32(2)41-28-42(40-22-21-38-26-37(19-20-39(38)27-40)36-18-17-33-11-5-6-13-35(33)25-36)30-43(29-41)47-31-49-51(46-16-10-9-15-45(46)47)50-44-14-8-7-12-34(44)23-24-48(50)52(49,3)4;1-49(2)47-29-34-13-7-6-12-33(34)26-45(47)46-27-37-20-21-39(25-42(37)30-48(46)49)44-28-41(24-38-14-8-9-15-43(38)44)36-19-17-32-16-18-35(22-40(32)23-36)31-10-4-3-5-11-31;1-43(2)41-25-30-10-6-5-9-29(30)23-39(41)40-24-37-18-17-36(22-38(37)26-42(40)43)35-16-15-33-20-32(13-14-34(33)21-35)31-12-11-27-7-3-4-8-28(27)19-31/h5-32H,1-4H3;3-30H,1-2H3;3-26H,1-2H3. The van der Waals surface area contributed by atoms with Crippen LogP contribution in [0.25, 0.3) is 252 Å². The summed E-state index contributed by atoms with van der Waals surface area (Å²) in [6.45, 7) is 18.9. The molecule has 0 spiro atoms. The van der Waals surface area contributed by atoms with Crippen LogP contribution in [-0.4, -0.2) is 0 Å². The first-order chi connectivity index (χ1) is 70.3. The molecule has 0 N–H and O–H groups in total. The summed E-state index contributed by atoms with van der Waals surface area (Å²) >= 11 is 0. The fraction of sp³-hybridized carbons (Fsp3) is 0.0833. The van der Waals surface area contributed by atoms with Crippen molar-refractivity contribution < 1.29 is 0 Å². The monoisotopic (exact) mass is 1830 g/mol. The van der Waals surface area contributed by atoms with E-state index in [9.17, 15) is 0 Å². The van der Waals surface area contributed by atoms with Gasteiger partial charge in [-0.25, -0.2) is 0 Å². The Morgan fingerprint density at radius 1 is 0.132 bits per heavy atom. The van der Waals surface area contributed by atoms with E-state index in [1.54, 1.807) is 0 Å². The number of rotatable bonds is 9. The summed E-state index contributed by atoms with van der Waals surface area (Å²) in [7, 11) is 0. The molecule has 29 rings (SSSR count). The van der Waals surface area contributed by atoms with Gasteiger partial charge in [0.15, 0.2) is 0 Å². The summed E-state index contributed by atoms with van der Waals surface area (Å²) in [4.78, 5) is 0. The summed E-state index contributed by atoms with van der Waals surface area (Å²) < 4.78 is 0. The summed E-state index contributed by atoms with van der Waals surface area (Å²) in [6, 6.07) is 179. The third kappa shape index (κ3) is 14.5. The Kier molecular flexibility index (Phi) is 20.0. The maximum absolute atomic E-state index is 2.52. The first-order valence-electron chi connectivity index (χ1n) is 51.0. The Labute approximate surface area is 841 Å². The van der Waals surface area contributed by atoms with E-state index in [-0.39, 0.29) is 16.2 Å². The number of hydrogen-bond donors (Lipinski definition) is 0. The van der Waals surface area contributed by atoms with E-state index in [0.29, 0.717) is 5.92 Å². The third-order valence-electron chi connectivity index (χ3n) is 32.5. The highest BCUT2D eigenvalue weighted by Gasteiger charge is 2.41. The molecule has 0 nitrogen and oxygen atoms in total. The van der Waals surface area contributed by atoms with Gasteiger partial charge in [-0.2, -0.15) is 0 Å². The van der Waals surface area contributed by atoms with Crippen molar-refractivity contribution in [3.63, 3.8) is 0 Å². The van der Waals surface area contributed by atoms with Crippen LogP contribution in [0, 0.1) is 0 Å². The minimum atomic E-state index is -0.115. The molecule has 680 valence electrons. The van der Waals surface area contributed by atoms with E-state index in [0.717, 1.165) is 0 Å². The fourth-order valence-electron chi connectivity index (χ4n) is 24.5. The predicted molar refractivity (Wildman–Crippen MR) is 620 cm³/mol. The third-order valence-corrected chi connectivity index (χ3v) is 32.5. The van der Waals surface area contributed by atoms with Gasteiger partial charge in [0.2, 0.25) is 0 Å². The van der Waals surface area contributed by atoms with Gasteiger partial charge in [0.25, 0.3) is 0 Å². The van der Waals surface area contributed by atoms with Gasteiger partial charge in [0, 0.05) is 16.2 Å². The lowest BCUT2D eigenvalue weighted by Crippen LogP contribution is -2.15. The van der Waals surface area contributed by atoms with Gasteiger partial charge in [-0.3, -0.25) is 0 Å². The van der Waals surface area contributed by atoms with Crippen LogP contribution in [0.5, 0.6) is 0 Å². The van der Waals surface area contributed by atoms with Crippen LogP contribution in [0.15, 0.2) is 479 Å². The molecule has 0 saturated heterocycles. The van der Waals surface area contributed by atoms with Crippen molar-refractivity contribution in [2.24, 2.45) is 0 Å². The van der Waals surface area contributed by atoms with Gasteiger partial charge >= 0.3 is 0 Å². The number of hydrogen-bond acceptors (Lipinski definition) is 0. The van der Waals surface area contributed by atoms with Crippen molar-refractivity contribution in [1.29, 1.82) is 0 Å². The van der Waals surface area contributed by atoms with Gasteiger partial charge in [-0.15, -0.1) is 0 Å². The molecular formula is C144H104. The Morgan fingerprint density at radius 2 is 0.396 bits per heavy atom. The molecule has 0 fully saturated rings. The van der Waals surface area contributed by atoms with Crippen LogP contribution in [0.3, 0.4) is 0 Å². The maximum atomic E-state index is 2.52. The molecule has 0 bridgehead atoms. The first kappa shape index (κ1) is 86.0. The van der Waals surface area contributed by atoms with E-state index < -0.39 is 0 Å². The van der Waals surface area contributed by atoms with Crippen molar-refractivity contribution in [2.75, 3.05) is 0 Å². The van der Waals surface area contributed by atoms with Gasteiger partial charge < -0.3 is 0 Å². The van der Waals surface area contributed by atoms with Gasteiger partial charge in [0.05, 0.1) is 0 Å².